The Balaban J connectivity index is 0.000000147. The van der Waals surface area contributed by atoms with Gasteiger partial charge in [0.2, 0.25) is 0 Å². The summed E-state index contributed by atoms with van der Waals surface area (Å²) < 4.78 is 9.53. The van der Waals surface area contributed by atoms with E-state index in [1.807, 2.05) is 0 Å². The molecule has 6 heteroatoms. The second kappa shape index (κ2) is 31.0. The minimum Gasteiger partial charge on any atom is -0.311 e. The SMILES string of the molecule is c1ccc(-c2ccc(N(c3ccc(-c4ccc5c(c4)c4ccccc4n5-c4ccccc4)cc3)c3ccc(-c4ccc5c6ccccc6n(-c6ccc(-c7ccccc7)cc6)c5c4)cc3)cc2)cc1.c1ccc(-n2c3ccccc3c3cc(N(c4ccc(-c5ccc6c7ccccc7n(-c7ccccc7)c6c5)cc4)c4ccc5ccccc5c4)ccc32)cc1. The Hall–Kier alpha value is -16.5. The molecular weight excluding hydrogens is 1500 g/mol. The van der Waals surface area contributed by atoms with Crippen LogP contribution in [0.2, 0.25) is 0 Å². The molecule has 24 aromatic rings. The molecule has 4 heterocycles. The monoisotopic (exact) mass is 1580 g/mol. The number of para-hydroxylation sites is 7. The smallest absolute Gasteiger partial charge is 0.0547 e. The Morgan fingerprint density at radius 2 is 0.363 bits per heavy atom. The first-order chi connectivity index (χ1) is 61.5. The number of hydrogen-bond acceptors (Lipinski definition) is 2. The van der Waals surface area contributed by atoms with Crippen LogP contribution in [0.4, 0.5) is 34.1 Å². The third kappa shape index (κ3) is 13.0. The molecule has 0 bridgehead atoms. The molecule has 0 saturated carbocycles. The average molecular weight is 1580 g/mol. The maximum Gasteiger partial charge on any atom is 0.0547 e. The quantitative estimate of drug-likeness (QED) is 0.102. The lowest BCUT2D eigenvalue weighted by molar-refractivity contribution is 1.18. The maximum absolute atomic E-state index is 2.41. The van der Waals surface area contributed by atoms with Crippen LogP contribution < -0.4 is 9.80 Å². The summed E-state index contributed by atoms with van der Waals surface area (Å²) in [6.07, 6.45) is 0. The van der Waals surface area contributed by atoms with E-state index >= 15 is 0 Å². The molecule has 0 amide bonds. The second-order valence-corrected chi connectivity index (χ2v) is 32.0. The molecule has 0 atom stereocenters. The summed E-state index contributed by atoms with van der Waals surface area (Å²) in [6, 6.07) is 176. The zero-order chi connectivity index (χ0) is 82.0. The number of nitrogens with zero attached hydrogens (tertiary/aromatic N) is 6. The topological polar surface area (TPSA) is 26.2 Å². The van der Waals surface area contributed by atoms with Gasteiger partial charge >= 0.3 is 0 Å². The first kappa shape index (κ1) is 72.7. The number of fused-ring (bicyclic) bond motifs is 13. The highest BCUT2D eigenvalue weighted by molar-refractivity contribution is 6.14. The average Bonchev–Trinajstić information content (AvgIpc) is 1.60. The van der Waals surface area contributed by atoms with Gasteiger partial charge in [-0.1, -0.05) is 309 Å². The van der Waals surface area contributed by atoms with Crippen LogP contribution in [0.1, 0.15) is 0 Å². The van der Waals surface area contributed by atoms with E-state index in [1.54, 1.807) is 0 Å². The summed E-state index contributed by atoms with van der Waals surface area (Å²) in [4.78, 5) is 4.75. The van der Waals surface area contributed by atoms with Gasteiger partial charge in [-0.3, -0.25) is 0 Å². The molecule has 20 aromatic carbocycles. The molecule has 4 aromatic heterocycles. The summed E-state index contributed by atoms with van der Waals surface area (Å²) in [6.45, 7) is 0. The van der Waals surface area contributed by atoms with Crippen molar-refractivity contribution in [2.75, 3.05) is 9.80 Å². The van der Waals surface area contributed by atoms with E-state index in [-0.39, 0.29) is 0 Å². The minimum atomic E-state index is 1.09. The van der Waals surface area contributed by atoms with Gasteiger partial charge in [-0.15, -0.1) is 0 Å². The van der Waals surface area contributed by atoms with E-state index in [9.17, 15) is 0 Å². The fourth-order valence-electron chi connectivity index (χ4n) is 18.9. The highest BCUT2D eigenvalue weighted by Crippen LogP contribution is 2.46. The van der Waals surface area contributed by atoms with E-state index in [0.717, 1.165) is 62.4 Å². The lowest BCUT2D eigenvalue weighted by Crippen LogP contribution is -2.10. The van der Waals surface area contributed by atoms with Crippen LogP contribution in [0.5, 0.6) is 0 Å². The van der Waals surface area contributed by atoms with E-state index in [1.165, 1.54) is 148 Å². The number of anilines is 6. The van der Waals surface area contributed by atoms with E-state index in [4.69, 9.17) is 0 Å². The zero-order valence-electron chi connectivity index (χ0n) is 67.9. The first-order valence-corrected chi connectivity index (χ1v) is 42.5. The normalized spacial score (nSPS) is 11.5. The van der Waals surface area contributed by atoms with Crippen LogP contribution in [0, 0.1) is 0 Å². The standard InChI is InChI=1S/C66H45N3.C52H35N3/c1-4-14-46(15-5-1)48-24-34-55(35-25-48)67(56-36-28-50(29-37-56)52-33-43-65-62(44-52)60-21-11-13-23-64(60)68(65)54-18-8-3-9-19-54)57-38-30-51(31-39-57)53-32-42-61-59-20-10-12-22-63(59)69(66(61)45-53)58-40-26-49(27-41-58)47-16-6-2-7-17-47;1-3-15-40(16-4-1)54-50-22-12-10-20-46(50)48-35-44(30-32-51(48)54)53(43-29-25-36-13-7-8-14-38(36)33-43)42-27-23-37(24-28-42)39-26-31-47-45-19-9-11-21-49(45)55(52(47)34-39)41-17-5-2-6-18-41/h1-45H;1-35H. The van der Waals surface area contributed by atoms with Gasteiger partial charge in [0.25, 0.3) is 0 Å². The Morgan fingerprint density at radius 3 is 0.782 bits per heavy atom. The fraction of sp³-hybridized carbons (Fsp3) is 0. The molecular formula is C118H80N6. The Bertz CT molecular complexity index is 8090. The van der Waals surface area contributed by atoms with Crippen LogP contribution in [0.25, 0.3) is 176 Å². The van der Waals surface area contributed by atoms with Crippen molar-refractivity contribution in [1.29, 1.82) is 0 Å². The molecule has 124 heavy (non-hydrogen) atoms. The number of benzene rings is 20. The number of hydrogen-bond donors (Lipinski definition) is 0. The molecule has 0 radical (unpaired) electrons. The Labute approximate surface area is 719 Å². The largest absolute Gasteiger partial charge is 0.311 e. The highest BCUT2D eigenvalue weighted by Gasteiger charge is 2.23. The summed E-state index contributed by atoms with van der Waals surface area (Å²) >= 11 is 0. The molecule has 582 valence electrons. The predicted molar refractivity (Wildman–Crippen MR) is 524 cm³/mol. The fourth-order valence-corrected chi connectivity index (χ4v) is 18.9. The summed E-state index contributed by atoms with van der Waals surface area (Å²) in [5.41, 5.74) is 32.7. The van der Waals surface area contributed by atoms with Crippen LogP contribution in [0.3, 0.4) is 0 Å². The van der Waals surface area contributed by atoms with Crippen LogP contribution in [-0.4, -0.2) is 18.3 Å². The van der Waals surface area contributed by atoms with Crippen molar-refractivity contribution < 1.29 is 0 Å². The second-order valence-electron chi connectivity index (χ2n) is 32.0. The van der Waals surface area contributed by atoms with Gasteiger partial charge in [-0.2, -0.15) is 0 Å². The zero-order valence-corrected chi connectivity index (χ0v) is 67.9. The molecule has 0 N–H and O–H groups in total. The summed E-state index contributed by atoms with van der Waals surface area (Å²) in [5.74, 6) is 0. The van der Waals surface area contributed by atoms with Crippen molar-refractivity contribution in [2.24, 2.45) is 0 Å². The summed E-state index contributed by atoms with van der Waals surface area (Å²) in [5, 5.41) is 12.4. The van der Waals surface area contributed by atoms with Crippen molar-refractivity contribution in [2.45, 2.75) is 0 Å². The van der Waals surface area contributed by atoms with Crippen molar-refractivity contribution in [3.8, 4) is 78.4 Å². The Morgan fingerprint density at radius 1 is 0.121 bits per heavy atom. The molecule has 0 aliphatic heterocycles. The number of aromatic nitrogens is 4. The van der Waals surface area contributed by atoms with Crippen molar-refractivity contribution in [3.05, 3.63) is 485 Å². The third-order valence-electron chi connectivity index (χ3n) is 24.8. The van der Waals surface area contributed by atoms with Gasteiger partial charge in [0.15, 0.2) is 0 Å². The van der Waals surface area contributed by atoms with Gasteiger partial charge in [0, 0.05) is 100.0 Å². The van der Waals surface area contributed by atoms with Crippen LogP contribution in [0.15, 0.2) is 485 Å². The van der Waals surface area contributed by atoms with Crippen molar-refractivity contribution in [1.82, 2.24) is 18.3 Å². The van der Waals surface area contributed by atoms with Gasteiger partial charge in [-0.05, 0) is 242 Å². The minimum absolute atomic E-state index is 1.09. The van der Waals surface area contributed by atoms with Crippen molar-refractivity contribution in [3.63, 3.8) is 0 Å². The maximum atomic E-state index is 2.41. The lowest BCUT2D eigenvalue weighted by atomic mass is 10.0. The molecule has 0 spiro atoms. The van der Waals surface area contributed by atoms with Gasteiger partial charge in [-0.25, -0.2) is 0 Å². The molecule has 0 fully saturated rings. The first-order valence-electron chi connectivity index (χ1n) is 42.5. The molecule has 0 aliphatic carbocycles. The third-order valence-corrected chi connectivity index (χ3v) is 24.8. The number of rotatable bonds is 15. The van der Waals surface area contributed by atoms with Crippen LogP contribution >= 0.6 is 0 Å². The molecule has 24 rings (SSSR count). The van der Waals surface area contributed by atoms with E-state index in [0.29, 0.717) is 0 Å². The Kier molecular flexibility index (Phi) is 18.2. The van der Waals surface area contributed by atoms with Gasteiger partial charge in [0.1, 0.15) is 0 Å². The van der Waals surface area contributed by atoms with E-state index < -0.39 is 0 Å². The van der Waals surface area contributed by atoms with Gasteiger partial charge < -0.3 is 28.1 Å². The highest BCUT2D eigenvalue weighted by atomic mass is 15.1. The lowest BCUT2D eigenvalue weighted by Gasteiger charge is -2.26. The summed E-state index contributed by atoms with van der Waals surface area (Å²) in [7, 11) is 0. The van der Waals surface area contributed by atoms with E-state index in [2.05, 4.69) is 513 Å². The molecule has 0 saturated heterocycles. The molecule has 0 aliphatic rings. The molecule has 6 nitrogen and oxygen atoms in total. The predicted octanol–water partition coefficient (Wildman–Crippen LogP) is 32.2. The van der Waals surface area contributed by atoms with Crippen LogP contribution in [-0.2, 0) is 0 Å². The molecule has 0 unspecified atom stereocenters. The van der Waals surface area contributed by atoms with Crippen molar-refractivity contribution >= 4 is 132 Å². The van der Waals surface area contributed by atoms with Gasteiger partial charge in [0.05, 0.1) is 44.1 Å².